The van der Waals surface area contributed by atoms with E-state index in [-0.39, 0.29) is 0 Å². The van der Waals surface area contributed by atoms with Crippen molar-refractivity contribution in [1.82, 2.24) is 9.88 Å². The highest BCUT2D eigenvalue weighted by atomic mass is 16.3. The van der Waals surface area contributed by atoms with Crippen molar-refractivity contribution in [2.75, 3.05) is 13.1 Å². The van der Waals surface area contributed by atoms with Gasteiger partial charge in [0.15, 0.2) is 5.58 Å². The zero-order valence-corrected chi connectivity index (χ0v) is 9.80. The minimum Gasteiger partial charge on any atom is -0.439 e. The van der Waals surface area contributed by atoms with Crippen LogP contribution in [0.15, 0.2) is 28.7 Å². The van der Waals surface area contributed by atoms with Crippen molar-refractivity contribution in [3.63, 3.8) is 0 Å². The van der Waals surface area contributed by atoms with Crippen LogP contribution in [0.4, 0.5) is 0 Å². The number of nitrogens with zero attached hydrogens (tertiary/aromatic N) is 2. The van der Waals surface area contributed by atoms with Gasteiger partial charge in [-0.15, -0.1) is 0 Å². The molecular formula is C13H17N3O. The molecule has 0 saturated carbocycles. The fourth-order valence-electron chi connectivity index (χ4n) is 2.29. The summed E-state index contributed by atoms with van der Waals surface area (Å²) in [6, 6.07) is 8.26. The summed E-state index contributed by atoms with van der Waals surface area (Å²) in [5.41, 5.74) is 7.70. The number of piperidine rings is 1. The summed E-state index contributed by atoms with van der Waals surface area (Å²) in [5.74, 6) is 0.807. The minimum absolute atomic E-state index is 0.370. The smallest absolute Gasteiger partial charge is 0.209 e. The second-order valence-electron chi connectivity index (χ2n) is 4.69. The molecule has 0 atom stereocenters. The molecule has 0 aliphatic carbocycles. The molecule has 90 valence electrons. The Morgan fingerprint density at radius 3 is 2.82 bits per heavy atom. The first-order chi connectivity index (χ1) is 8.31. The van der Waals surface area contributed by atoms with E-state index in [1.807, 2.05) is 24.3 Å². The number of likely N-dealkylation sites (tertiary alicyclic amines) is 1. The average molecular weight is 231 g/mol. The van der Waals surface area contributed by atoms with Gasteiger partial charge in [-0.1, -0.05) is 12.1 Å². The highest BCUT2D eigenvalue weighted by molar-refractivity contribution is 5.72. The number of hydrogen-bond donors (Lipinski definition) is 1. The van der Waals surface area contributed by atoms with Crippen molar-refractivity contribution < 1.29 is 4.42 Å². The molecule has 2 aromatic rings. The van der Waals surface area contributed by atoms with Crippen LogP contribution in [0.2, 0.25) is 0 Å². The van der Waals surface area contributed by atoms with Crippen molar-refractivity contribution in [3.8, 4) is 0 Å². The minimum atomic E-state index is 0.370. The molecule has 2 heterocycles. The normalized spacial score (nSPS) is 18.9. The van der Waals surface area contributed by atoms with Crippen LogP contribution >= 0.6 is 0 Å². The molecule has 0 radical (unpaired) electrons. The zero-order valence-electron chi connectivity index (χ0n) is 9.80. The second kappa shape index (κ2) is 4.47. The van der Waals surface area contributed by atoms with Crippen LogP contribution in [0.1, 0.15) is 18.7 Å². The monoisotopic (exact) mass is 231 g/mol. The van der Waals surface area contributed by atoms with Crippen LogP contribution in [0.5, 0.6) is 0 Å². The number of fused-ring (bicyclic) bond motifs is 1. The molecule has 0 bridgehead atoms. The van der Waals surface area contributed by atoms with Gasteiger partial charge in [0.25, 0.3) is 0 Å². The van der Waals surface area contributed by atoms with Crippen molar-refractivity contribution in [3.05, 3.63) is 30.2 Å². The molecule has 4 nitrogen and oxygen atoms in total. The van der Waals surface area contributed by atoms with Gasteiger partial charge < -0.3 is 10.2 Å². The van der Waals surface area contributed by atoms with Crippen LogP contribution in [0.3, 0.4) is 0 Å². The first-order valence-electron chi connectivity index (χ1n) is 6.13. The lowest BCUT2D eigenvalue weighted by atomic mass is 10.1. The Kier molecular flexibility index (Phi) is 2.82. The second-order valence-corrected chi connectivity index (χ2v) is 4.69. The fraction of sp³-hybridized carbons (Fsp3) is 0.462. The quantitative estimate of drug-likeness (QED) is 0.855. The summed E-state index contributed by atoms with van der Waals surface area (Å²) in [5, 5.41) is 0. The maximum absolute atomic E-state index is 5.89. The van der Waals surface area contributed by atoms with E-state index in [2.05, 4.69) is 9.88 Å². The Labute approximate surface area is 100 Å². The van der Waals surface area contributed by atoms with Gasteiger partial charge in [-0.05, 0) is 25.0 Å². The Morgan fingerprint density at radius 1 is 1.29 bits per heavy atom. The van der Waals surface area contributed by atoms with E-state index in [0.29, 0.717) is 6.04 Å². The van der Waals surface area contributed by atoms with E-state index in [1.54, 1.807) is 0 Å². The molecule has 1 fully saturated rings. The van der Waals surface area contributed by atoms with E-state index >= 15 is 0 Å². The van der Waals surface area contributed by atoms with Crippen LogP contribution < -0.4 is 5.73 Å². The Hall–Kier alpha value is -1.39. The number of nitrogens with two attached hydrogens (primary N) is 1. The first kappa shape index (κ1) is 10.7. The van der Waals surface area contributed by atoms with E-state index in [1.165, 1.54) is 0 Å². The fourth-order valence-corrected chi connectivity index (χ4v) is 2.29. The molecule has 1 aliphatic heterocycles. The molecule has 1 aromatic carbocycles. The van der Waals surface area contributed by atoms with Crippen molar-refractivity contribution in [2.24, 2.45) is 5.73 Å². The lowest BCUT2D eigenvalue weighted by molar-refractivity contribution is 0.190. The van der Waals surface area contributed by atoms with E-state index in [9.17, 15) is 0 Å². The number of oxazole rings is 1. The van der Waals surface area contributed by atoms with Gasteiger partial charge in [-0.25, -0.2) is 4.98 Å². The lowest BCUT2D eigenvalue weighted by Crippen LogP contribution is -2.39. The number of aromatic nitrogens is 1. The third kappa shape index (κ3) is 2.33. The molecule has 1 saturated heterocycles. The number of hydrogen-bond acceptors (Lipinski definition) is 4. The molecule has 4 heteroatoms. The molecule has 1 aromatic heterocycles. The van der Waals surface area contributed by atoms with Crippen LogP contribution in [-0.4, -0.2) is 29.0 Å². The summed E-state index contributed by atoms with van der Waals surface area (Å²) in [6.07, 6.45) is 2.14. The van der Waals surface area contributed by atoms with Crippen LogP contribution in [-0.2, 0) is 6.54 Å². The van der Waals surface area contributed by atoms with Gasteiger partial charge in [-0.2, -0.15) is 0 Å². The summed E-state index contributed by atoms with van der Waals surface area (Å²) in [4.78, 5) is 6.84. The summed E-state index contributed by atoms with van der Waals surface area (Å²) >= 11 is 0. The highest BCUT2D eigenvalue weighted by Crippen LogP contribution is 2.17. The molecular weight excluding hydrogens is 214 g/mol. The Bertz CT molecular complexity index is 467. The molecule has 1 aliphatic rings. The Balaban J connectivity index is 1.72. The molecule has 2 N–H and O–H groups in total. The number of para-hydroxylation sites is 2. The molecule has 0 amide bonds. The van der Waals surface area contributed by atoms with Gasteiger partial charge in [0, 0.05) is 19.1 Å². The summed E-state index contributed by atoms with van der Waals surface area (Å²) in [7, 11) is 0. The highest BCUT2D eigenvalue weighted by Gasteiger charge is 2.17. The van der Waals surface area contributed by atoms with Gasteiger partial charge in [0.1, 0.15) is 5.52 Å². The van der Waals surface area contributed by atoms with Crippen molar-refractivity contribution in [1.29, 1.82) is 0 Å². The van der Waals surface area contributed by atoms with Gasteiger partial charge in [0.05, 0.1) is 6.54 Å². The first-order valence-corrected chi connectivity index (χ1v) is 6.13. The zero-order chi connectivity index (χ0) is 11.7. The lowest BCUT2D eigenvalue weighted by Gasteiger charge is -2.28. The number of rotatable bonds is 2. The average Bonchev–Trinajstić information content (AvgIpc) is 2.74. The topological polar surface area (TPSA) is 55.3 Å². The third-order valence-corrected chi connectivity index (χ3v) is 3.33. The largest absolute Gasteiger partial charge is 0.439 e. The van der Waals surface area contributed by atoms with Gasteiger partial charge in [-0.3, -0.25) is 4.90 Å². The van der Waals surface area contributed by atoms with Gasteiger partial charge >= 0.3 is 0 Å². The maximum atomic E-state index is 5.89. The predicted molar refractivity (Wildman–Crippen MR) is 66.5 cm³/mol. The number of benzene rings is 1. The molecule has 0 spiro atoms. The maximum Gasteiger partial charge on any atom is 0.209 e. The SMILES string of the molecule is NC1CCN(Cc2nc3ccccc3o2)CC1. The molecule has 3 rings (SSSR count). The van der Waals surface area contributed by atoms with Crippen molar-refractivity contribution in [2.45, 2.75) is 25.4 Å². The Morgan fingerprint density at radius 2 is 2.06 bits per heavy atom. The van der Waals surface area contributed by atoms with Crippen LogP contribution in [0, 0.1) is 0 Å². The van der Waals surface area contributed by atoms with Crippen molar-refractivity contribution >= 4 is 11.1 Å². The summed E-state index contributed by atoms with van der Waals surface area (Å²) < 4.78 is 5.71. The van der Waals surface area contributed by atoms with Crippen LogP contribution in [0.25, 0.3) is 11.1 Å². The van der Waals surface area contributed by atoms with E-state index in [0.717, 1.165) is 49.5 Å². The third-order valence-electron chi connectivity index (χ3n) is 3.33. The standard InChI is InChI=1S/C13H17N3O/c14-10-5-7-16(8-6-10)9-13-15-11-3-1-2-4-12(11)17-13/h1-4,10H,5-9,14H2. The van der Waals surface area contributed by atoms with E-state index in [4.69, 9.17) is 10.2 Å². The van der Waals surface area contributed by atoms with Gasteiger partial charge in [0.2, 0.25) is 5.89 Å². The molecule has 0 unspecified atom stereocenters. The molecule has 17 heavy (non-hydrogen) atoms. The summed E-state index contributed by atoms with van der Waals surface area (Å²) in [6.45, 7) is 2.88. The predicted octanol–water partition coefficient (Wildman–Crippen LogP) is 1.75. The van der Waals surface area contributed by atoms with E-state index < -0.39 is 0 Å².